The Bertz CT molecular complexity index is 744. The quantitative estimate of drug-likeness (QED) is 0.210. The van der Waals surface area contributed by atoms with Gasteiger partial charge in [-0.1, -0.05) is 0 Å². The number of methoxy groups -OCH3 is 1. The lowest BCUT2D eigenvalue weighted by atomic mass is 10.1. The first kappa shape index (κ1) is 27.6. The third-order valence-corrected chi connectivity index (χ3v) is 6.03. The molecule has 0 aromatic heterocycles. The molecule has 1 atom stereocenters. The number of ether oxygens (including phenoxy) is 2. The number of carbonyl (C=O) groups excluding carboxylic acids is 1. The summed E-state index contributed by atoms with van der Waals surface area (Å²) < 4.78 is 23.8. The maximum Gasteiger partial charge on any atom is 0.224 e. The number of benzene rings is 1. The number of carbonyl (C=O) groups is 1. The van der Waals surface area contributed by atoms with Crippen LogP contribution in [0.25, 0.3) is 0 Å². The van der Waals surface area contributed by atoms with Gasteiger partial charge in [-0.25, -0.2) is 4.39 Å². The van der Waals surface area contributed by atoms with Crippen molar-refractivity contribution in [1.29, 1.82) is 0 Å². The van der Waals surface area contributed by atoms with Crippen LogP contribution in [0.5, 0.6) is 0 Å². The zero-order valence-corrected chi connectivity index (χ0v) is 22.0. The predicted molar refractivity (Wildman–Crippen MR) is 139 cm³/mol. The van der Waals surface area contributed by atoms with Gasteiger partial charge in [0.05, 0.1) is 19.8 Å². The number of hydrogen-bond acceptors (Lipinski definition) is 5. The van der Waals surface area contributed by atoms with Crippen molar-refractivity contribution in [2.75, 3.05) is 84.7 Å². The molecule has 33 heavy (non-hydrogen) atoms. The van der Waals surface area contributed by atoms with E-state index in [1.165, 1.54) is 12.1 Å². The second-order valence-corrected chi connectivity index (χ2v) is 8.24. The topological polar surface area (TPSA) is 69.6 Å². The highest BCUT2D eigenvalue weighted by molar-refractivity contribution is 14.0. The van der Waals surface area contributed by atoms with E-state index in [-0.39, 0.29) is 35.7 Å². The number of likely N-dealkylation sites (tertiary alicyclic amines) is 1. The molecule has 0 saturated carbocycles. The van der Waals surface area contributed by atoms with E-state index in [2.05, 4.69) is 20.1 Å². The van der Waals surface area contributed by atoms with Crippen LogP contribution < -0.4 is 10.2 Å². The standard InChI is InChI=1S/C23H36FN5O3.HI/c1-25-23(29-10-8-19(17-29)18-32-16-15-31-2)26-9-7-22(30)28-13-11-27(12-14-28)21-5-3-20(24)4-6-21;/h3-6,19H,7-18H2,1-2H3,(H,25,26);1H. The van der Waals surface area contributed by atoms with Crippen LogP contribution in [0.1, 0.15) is 12.8 Å². The number of rotatable bonds is 9. The van der Waals surface area contributed by atoms with E-state index in [9.17, 15) is 9.18 Å². The molecule has 2 saturated heterocycles. The molecule has 0 spiro atoms. The fourth-order valence-corrected chi connectivity index (χ4v) is 4.19. The number of halogens is 2. The molecule has 0 bridgehead atoms. The smallest absolute Gasteiger partial charge is 0.224 e. The number of guanidine groups is 1. The fourth-order valence-electron chi connectivity index (χ4n) is 4.19. The van der Waals surface area contributed by atoms with Gasteiger partial charge in [0.2, 0.25) is 5.91 Å². The summed E-state index contributed by atoms with van der Waals surface area (Å²) in [7, 11) is 3.45. The Labute approximate surface area is 213 Å². The molecule has 1 aromatic rings. The minimum absolute atomic E-state index is 0. The molecule has 10 heteroatoms. The summed E-state index contributed by atoms with van der Waals surface area (Å²) in [5.41, 5.74) is 0.997. The van der Waals surface area contributed by atoms with E-state index in [1.54, 1.807) is 26.3 Å². The van der Waals surface area contributed by atoms with Crippen LogP contribution in [-0.2, 0) is 14.3 Å². The number of hydrogen-bond donors (Lipinski definition) is 1. The van der Waals surface area contributed by atoms with Crippen LogP contribution >= 0.6 is 24.0 Å². The average molecular weight is 577 g/mol. The summed E-state index contributed by atoms with van der Waals surface area (Å²) in [6.45, 7) is 7.28. The van der Waals surface area contributed by atoms with Crippen molar-refractivity contribution in [1.82, 2.24) is 15.1 Å². The highest BCUT2D eigenvalue weighted by Gasteiger charge is 2.25. The average Bonchev–Trinajstić information content (AvgIpc) is 3.29. The van der Waals surface area contributed by atoms with Crippen molar-refractivity contribution in [3.8, 4) is 0 Å². The number of anilines is 1. The van der Waals surface area contributed by atoms with Crippen LogP contribution in [0.2, 0.25) is 0 Å². The number of aliphatic imine (C=N–C) groups is 1. The molecule has 2 aliphatic rings. The SMILES string of the molecule is CN=C(NCCC(=O)N1CCN(c2ccc(F)cc2)CC1)N1CCC(COCCOC)C1.I. The third-order valence-electron chi connectivity index (χ3n) is 6.03. The molecular weight excluding hydrogens is 540 g/mol. The summed E-state index contributed by atoms with van der Waals surface area (Å²) in [6.07, 6.45) is 1.51. The van der Waals surface area contributed by atoms with Gasteiger partial charge >= 0.3 is 0 Å². The largest absolute Gasteiger partial charge is 0.382 e. The Kier molecular flexibility index (Phi) is 12.2. The highest BCUT2D eigenvalue weighted by Crippen LogP contribution is 2.18. The first-order chi connectivity index (χ1) is 15.6. The van der Waals surface area contributed by atoms with Gasteiger partial charge in [0.25, 0.3) is 0 Å². The normalized spacial score (nSPS) is 18.9. The molecule has 0 aliphatic carbocycles. The van der Waals surface area contributed by atoms with Gasteiger partial charge in [0, 0.05) is 78.0 Å². The van der Waals surface area contributed by atoms with Crippen LogP contribution in [0, 0.1) is 11.7 Å². The lowest BCUT2D eigenvalue weighted by Crippen LogP contribution is -2.49. The molecule has 8 nitrogen and oxygen atoms in total. The highest BCUT2D eigenvalue weighted by atomic mass is 127. The molecule has 1 N–H and O–H groups in total. The molecule has 1 unspecified atom stereocenters. The van der Waals surface area contributed by atoms with Crippen LogP contribution in [0.3, 0.4) is 0 Å². The molecule has 2 heterocycles. The van der Waals surface area contributed by atoms with Gasteiger partial charge in [-0.2, -0.15) is 0 Å². The van der Waals surface area contributed by atoms with Crippen molar-refractivity contribution in [2.24, 2.45) is 10.9 Å². The lowest BCUT2D eigenvalue weighted by molar-refractivity contribution is -0.131. The zero-order chi connectivity index (χ0) is 22.8. The Hall–Kier alpha value is -1.66. The lowest BCUT2D eigenvalue weighted by Gasteiger charge is -2.36. The molecule has 186 valence electrons. The Morgan fingerprint density at radius 3 is 2.52 bits per heavy atom. The van der Waals surface area contributed by atoms with Gasteiger partial charge in [-0.05, 0) is 30.7 Å². The van der Waals surface area contributed by atoms with Crippen molar-refractivity contribution in [3.05, 3.63) is 30.1 Å². The fraction of sp³-hybridized carbons (Fsp3) is 0.652. The van der Waals surface area contributed by atoms with E-state index < -0.39 is 0 Å². The molecule has 2 fully saturated rings. The summed E-state index contributed by atoms with van der Waals surface area (Å²) in [5.74, 6) is 1.25. The minimum atomic E-state index is -0.232. The molecular formula is C23H37FIN5O3. The number of amides is 1. The third kappa shape index (κ3) is 8.56. The van der Waals surface area contributed by atoms with Gasteiger partial charge in [0.15, 0.2) is 5.96 Å². The van der Waals surface area contributed by atoms with Crippen LogP contribution in [0.15, 0.2) is 29.3 Å². The number of nitrogens with one attached hydrogen (secondary N) is 1. The maximum absolute atomic E-state index is 13.1. The summed E-state index contributed by atoms with van der Waals surface area (Å²) >= 11 is 0. The van der Waals surface area contributed by atoms with Crippen LogP contribution in [0.4, 0.5) is 10.1 Å². The molecule has 1 aromatic carbocycles. The van der Waals surface area contributed by atoms with E-state index in [0.717, 1.165) is 50.9 Å². The van der Waals surface area contributed by atoms with Gasteiger partial charge in [0.1, 0.15) is 5.82 Å². The summed E-state index contributed by atoms with van der Waals surface area (Å²) in [5, 5.41) is 3.34. The van der Waals surface area contributed by atoms with Crippen LogP contribution in [-0.4, -0.2) is 101 Å². The van der Waals surface area contributed by atoms with E-state index in [4.69, 9.17) is 9.47 Å². The van der Waals surface area contributed by atoms with E-state index >= 15 is 0 Å². The zero-order valence-electron chi connectivity index (χ0n) is 19.7. The number of piperazine rings is 1. The van der Waals surface area contributed by atoms with Crippen molar-refractivity contribution in [3.63, 3.8) is 0 Å². The second-order valence-electron chi connectivity index (χ2n) is 8.24. The molecule has 1 amide bonds. The van der Waals surface area contributed by atoms with Gasteiger partial charge in [-0.3, -0.25) is 9.79 Å². The summed E-state index contributed by atoms with van der Waals surface area (Å²) in [4.78, 5) is 23.4. The van der Waals surface area contributed by atoms with Crippen molar-refractivity contribution >= 4 is 41.5 Å². The minimum Gasteiger partial charge on any atom is -0.382 e. The molecule has 3 rings (SSSR count). The maximum atomic E-state index is 13.1. The summed E-state index contributed by atoms with van der Waals surface area (Å²) in [6, 6.07) is 6.53. The first-order valence-electron chi connectivity index (χ1n) is 11.4. The van der Waals surface area contributed by atoms with E-state index in [1.807, 2.05) is 4.90 Å². The Balaban J connectivity index is 0.00000385. The van der Waals surface area contributed by atoms with Crippen molar-refractivity contribution in [2.45, 2.75) is 12.8 Å². The number of nitrogens with zero attached hydrogens (tertiary/aromatic N) is 4. The molecule has 0 radical (unpaired) electrons. The predicted octanol–water partition coefficient (Wildman–Crippen LogP) is 2.04. The molecule has 2 aliphatic heterocycles. The monoisotopic (exact) mass is 577 g/mol. The van der Waals surface area contributed by atoms with E-state index in [0.29, 0.717) is 45.2 Å². The Morgan fingerprint density at radius 2 is 1.85 bits per heavy atom. The Morgan fingerprint density at radius 1 is 1.12 bits per heavy atom. The first-order valence-corrected chi connectivity index (χ1v) is 11.4. The second kappa shape index (κ2) is 14.6. The van der Waals surface area contributed by atoms with Gasteiger partial charge in [-0.15, -0.1) is 24.0 Å². The van der Waals surface area contributed by atoms with Gasteiger partial charge < -0.3 is 29.5 Å². The van der Waals surface area contributed by atoms with Crippen molar-refractivity contribution < 1.29 is 18.7 Å².